The second kappa shape index (κ2) is 7.39. The van der Waals surface area contributed by atoms with Crippen LogP contribution in [0.15, 0.2) is 48.5 Å². The molecule has 0 aliphatic carbocycles. The van der Waals surface area contributed by atoms with E-state index in [0.717, 1.165) is 47.0 Å². The molecule has 0 spiro atoms. The van der Waals surface area contributed by atoms with Crippen molar-refractivity contribution in [1.29, 1.82) is 0 Å². The molecule has 6 heteroatoms. The van der Waals surface area contributed by atoms with Crippen LogP contribution in [-0.2, 0) is 0 Å². The lowest BCUT2D eigenvalue weighted by Gasteiger charge is -2.37. The molecular weight excluding hydrogens is 349 g/mol. The SMILES string of the molecule is S=C(Nc1ccc(Cl)cc1)N1CCN(c2ccc(Cl)cc2)CC1. The van der Waals surface area contributed by atoms with Crippen molar-refractivity contribution in [2.24, 2.45) is 0 Å². The smallest absolute Gasteiger partial charge is 0.173 e. The third kappa shape index (κ3) is 4.28. The van der Waals surface area contributed by atoms with Crippen LogP contribution in [-0.4, -0.2) is 36.2 Å². The van der Waals surface area contributed by atoms with Crippen LogP contribution in [0.2, 0.25) is 10.0 Å². The van der Waals surface area contributed by atoms with Crippen LogP contribution in [0.5, 0.6) is 0 Å². The van der Waals surface area contributed by atoms with Crippen LogP contribution < -0.4 is 10.2 Å². The average molecular weight is 366 g/mol. The van der Waals surface area contributed by atoms with E-state index >= 15 is 0 Å². The zero-order chi connectivity index (χ0) is 16.2. The molecule has 1 heterocycles. The van der Waals surface area contributed by atoms with E-state index in [4.69, 9.17) is 35.4 Å². The molecular formula is C17H17Cl2N3S. The van der Waals surface area contributed by atoms with Crippen LogP contribution in [0.25, 0.3) is 0 Å². The molecule has 0 unspecified atom stereocenters. The molecule has 1 aliphatic heterocycles. The molecule has 0 amide bonds. The fourth-order valence-electron chi connectivity index (χ4n) is 2.56. The first-order valence-corrected chi connectivity index (χ1v) is 8.60. The first-order chi connectivity index (χ1) is 11.1. The van der Waals surface area contributed by atoms with Gasteiger partial charge in [0.25, 0.3) is 0 Å². The van der Waals surface area contributed by atoms with Crippen molar-refractivity contribution in [3.8, 4) is 0 Å². The summed E-state index contributed by atoms with van der Waals surface area (Å²) in [6.07, 6.45) is 0. The minimum atomic E-state index is 0.720. The van der Waals surface area contributed by atoms with Gasteiger partial charge in [0.2, 0.25) is 0 Å². The number of nitrogens with zero attached hydrogens (tertiary/aromatic N) is 2. The minimum absolute atomic E-state index is 0.720. The number of hydrogen-bond acceptors (Lipinski definition) is 2. The first-order valence-electron chi connectivity index (χ1n) is 7.44. The lowest BCUT2D eigenvalue weighted by molar-refractivity contribution is 0.391. The summed E-state index contributed by atoms with van der Waals surface area (Å²) >= 11 is 17.3. The number of thiocarbonyl (C=S) groups is 1. The van der Waals surface area contributed by atoms with Gasteiger partial charge in [0, 0.05) is 47.6 Å². The van der Waals surface area contributed by atoms with Crippen molar-refractivity contribution in [2.75, 3.05) is 36.4 Å². The van der Waals surface area contributed by atoms with Crippen molar-refractivity contribution in [3.63, 3.8) is 0 Å². The highest BCUT2D eigenvalue weighted by atomic mass is 35.5. The molecule has 120 valence electrons. The summed E-state index contributed by atoms with van der Waals surface area (Å²) in [5, 5.41) is 5.50. The van der Waals surface area contributed by atoms with E-state index in [1.807, 2.05) is 36.4 Å². The summed E-state index contributed by atoms with van der Waals surface area (Å²) in [6.45, 7) is 3.65. The van der Waals surface area contributed by atoms with Crippen LogP contribution in [0.3, 0.4) is 0 Å². The van der Waals surface area contributed by atoms with Gasteiger partial charge >= 0.3 is 0 Å². The number of anilines is 2. The van der Waals surface area contributed by atoms with Gasteiger partial charge in [0.1, 0.15) is 0 Å². The molecule has 23 heavy (non-hydrogen) atoms. The summed E-state index contributed by atoms with van der Waals surface area (Å²) in [4.78, 5) is 4.54. The topological polar surface area (TPSA) is 18.5 Å². The lowest BCUT2D eigenvalue weighted by Crippen LogP contribution is -2.50. The molecule has 1 N–H and O–H groups in total. The summed E-state index contributed by atoms with van der Waals surface area (Å²) in [5.41, 5.74) is 2.16. The summed E-state index contributed by atoms with van der Waals surface area (Å²) in [7, 11) is 0. The van der Waals surface area contributed by atoms with E-state index in [1.54, 1.807) is 0 Å². The molecule has 2 aromatic rings. The van der Waals surface area contributed by atoms with Crippen molar-refractivity contribution in [2.45, 2.75) is 0 Å². The van der Waals surface area contributed by atoms with Gasteiger partial charge < -0.3 is 15.1 Å². The van der Waals surface area contributed by atoms with Crippen LogP contribution in [0.4, 0.5) is 11.4 Å². The van der Waals surface area contributed by atoms with Gasteiger partial charge in [-0.15, -0.1) is 0 Å². The molecule has 0 bridgehead atoms. The minimum Gasteiger partial charge on any atom is -0.368 e. The number of rotatable bonds is 2. The third-order valence-corrected chi connectivity index (χ3v) is 4.72. The molecule has 3 rings (SSSR count). The number of halogens is 2. The molecule has 1 aliphatic rings. The largest absolute Gasteiger partial charge is 0.368 e. The third-order valence-electron chi connectivity index (χ3n) is 3.85. The van der Waals surface area contributed by atoms with Crippen molar-refractivity contribution in [3.05, 3.63) is 58.6 Å². The highest BCUT2D eigenvalue weighted by Crippen LogP contribution is 2.20. The van der Waals surface area contributed by atoms with Gasteiger partial charge in [0.15, 0.2) is 5.11 Å². The van der Waals surface area contributed by atoms with E-state index in [0.29, 0.717) is 0 Å². The highest BCUT2D eigenvalue weighted by Gasteiger charge is 2.19. The Morgan fingerprint density at radius 3 is 1.91 bits per heavy atom. The maximum Gasteiger partial charge on any atom is 0.173 e. The fourth-order valence-corrected chi connectivity index (χ4v) is 3.11. The zero-order valence-corrected chi connectivity index (χ0v) is 14.8. The molecule has 0 atom stereocenters. The Bertz CT molecular complexity index is 665. The molecule has 2 aromatic carbocycles. The van der Waals surface area contributed by atoms with Crippen LogP contribution >= 0.6 is 35.4 Å². The normalized spacial score (nSPS) is 14.7. The molecule has 1 fully saturated rings. The van der Waals surface area contributed by atoms with Crippen LogP contribution in [0.1, 0.15) is 0 Å². The first kappa shape index (κ1) is 16.4. The Hall–Kier alpha value is -1.49. The van der Waals surface area contributed by atoms with Crippen molar-refractivity contribution in [1.82, 2.24) is 4.90 Å². The van der Waals surface area contributed by atoms with E-state index in [9.17, 15) is 0 Å². The summed E-state index contributed by atoms with van der Waals surface area (Å²) in [6, 6.07) is 15.5. The quantitative estimate of drug-likeness (QED) is 0.788. The fraction of sp³-hybridized carbons (Fsp3) is 0.235. The number of nitrogens with one attached hydrogen (secondary N) is 1. The summed E-state index contributed by atoms with van der Waals surface area (Å²) < 4.78 is 0. The predicted octanol–water partition coefficient (Wildman–Crippen LogP) is 4.51. The number of hydrogen-bond donors (Lipinski definition) is 1. The van der Waals surface area contributed by atoms with Gasteiger partial charge in [-0.05, 0) is 60.7 Å². The van der Waals surface area contributed by atoms with Gasteiger partial charge in [-0.1, -0.05) is 23.2 Å². The Labute approximate surface area is 151 Å². The van der Waals surface area contributed by atoms with Crippen molar-refractivity contribution < 1.29 is 0 Å². The Kier molecular flexibility index (Phi) is 5.26. The van der Waals surface area contributed by atoms with E-state index in [-0.39, 0.29) is 0 Å². The Morgan fingerprint density at radius 2 is 1.35 bits per heavy atom. The van der Waals surface area contributed by atoms with E-state index < -0.39 is 0 Å². The second-order valence-electron chi connectivity index (χ2n) is 5.39. The van der Waals surface area contributed by atoms with Gasteiger partial charge in [-0.2, -0.15) is 0 Å². The standard InChI is InChI=1S/C17H17Cl2N3S/c18-13-1-5-15(6-2-13)20-17(23)22-11-9-21(10-12-22)16-7-3-14(19)4-8-16/h1-8H,9-12H2,(H,20,23). The molecule has 1 saturated heterocycles. The van der Waals surface area contributed by atoms with E-state index in [2.05, 4.69) is 27.2 Å². The number of benzene rings is 2. The van der Waals surface area contributed by atoms with E-state index in [1.165, 1.54) is 5.69 Å². The van der Waals surface area contributed by atoms with Crippen molar-refractivity contribution >= 4 is 51.9 Å². The predicted molar refractivity (Wildman–Crippen MR) is 103 cm³/mol. The second-order valence-corrected chi connectivity index (χ2v) is 6.65. The summed E-state index contributed by atoms with van der Waals surface area (Å²) in [5.74, 6) is 0. The van der Waals surface area contributed by atoms with Crippen LogP contribution in [0, 0.1) is 0 Å². The maximum atomic E-state index is 5.94. The Morgan fingerprint density at radius 1 is 0.826 bits per heavy atom. The Balaban J connectivity index is 1.54. The molecule has 0 radical (unpaired) electrons. The molecule has 0 saturated carbocycles. The van der Waals surface area contributed by atoms with Gasteiger partial charge in [-0.25, -0.2) is 0 Å². The maximum absolute atomic E-state index is 5.94. The molecule has 3 nitrogen and oxygen atoms in total. The average Bonchev–Trinajstić information content (AvgIpc) is 2.58. The molecule has 0 aromatic heterocycles. The van der Waals surface area contributed by atoms with Gasteiger partial charge in [0.05, 0.1) is 0 Å². The van der Waals surface area contributed by atoms with Gasteiger partial charge in [-0.3, -0.25) is 0 Å². The zero-order valence-electron chi connectivity index (χ0n) is 12.5. The highest BCUT2D eigenvalue weighted by molar-refractivity contribution is 7.80. The number of piperazine rings is 1. The lowest BCUT2D eigenvalue weighted by atomic mass is 10.2. The monoisotopic (exact) mass is 365 g/mol.